The second kappa shape index (κ2) is 8.85. The van der Waals surface area contributed by atoms with Crippen molar-refractivity contribution in [3.63, 3.8) is 0 Å². The zero-order chi connectivity index (χ0) is 24.0. The van der Waals surface area contributed by atoms with Crippen molar-refractivity contribution in [1.29, 1.82) is 0 Å². The van der Waals surface area contributed by atoms with Gasteiger partial charge in [0.1, 0.15) is 15.4 Å². The average molecular weight is 460 g/mol. The smallest absolute Gasteiger partial charge is 0.242 e. The molecule has 5 rings (SSSR count). The molecule has 0 aliphatic rings. The maximum atomic E-state index is 4.81. The first-order valence-electron chi connectivity index (χ1n) is 11.8. The minimum atomic E-state index is 0.187. The highest BCUT2D eigenvalue weighted by Crippen LogP contribution is 2.28. The summed E-state index contributed by atoms with van der Waals surface area (Å²) in [5.74, 6) is 0. The van der Waals surface area contributed by atoms with Crippen LogP contribution in [-0.2, 0) is 0 Å². The van der Waals surface area contributed by atoms with Gasteiger partial charge in [-0.05, 0) is 53.7 Å². The number of nitrogens with zero attached hydrogens (tertiary/aromatic N) is 2. The van der Waals surface area contributed by atoms with Crippen molar-refractivity contribution in [1.82, 2.24) is 9.97 Å². The van der Waals surface area contributed by atoms with Crippen LogP contribution >= 0.6 is 11.3 Å². The summed E-state index contributed by atoms with van der Waals surface area (Å²) >= 11 is 1.65. The number of hydrogen-bond donors (Lipinski definition) is 0. The van der Waals surface area contributed by atoms with Gasteiger partial charge in [0.15, 0.2) is 0 Å². The van der Waals surface area contributed by atoms with Gasteiger partial charge in [-0.15, -0.1) is 0 Å². The Balaban J connectivity index is 1.67. The molecule has 3 aromatic carbocycles. The van der Waals surface area contributed by atoms with E-state index in [1.54, 1.807) is 11.3 Å². The molecule has 0 amide bonds. The molecule has 0 N–H and O–H groups in total. The van der Waals surface area contributed by atoms with Gasteiger partial charge < -0.3 is 0 Å². The third kappa shape index (κ3) is 4.08. The molecule has 2 heterocycles. The Bertz CT molecular complexity index is 1380. The molecule has 0 fully saturated rings. The largest absolute Gasteiger partial charge is 0.244 e. The van der Waals surface area contributed by atoms with Crippen LogP contribution in [0.15, 0.2) is 66.9 Å². The molecule has 168 valence electrons. The highest BCUT2D eigenvalue weighted by molar-refractivity contribution is 7.21. The Morgan fingerprint density at radius 3 is 1.71 bits per heavy atom. The molecule has 2 nitrogen and oxygen atoms in total. The number of pyridine rings is 1. The van der Waals surface area contributed by atoms with Crippen molar-refractivity contribution < 1.29 is 0 Å². The topological polar surface area (TPSA) is 25.8 Å². The molecule has 0 saturated heterocycles. The molecule has 0 saturated carbocycles. The van der Waals surface area contributed by atoms with Gasteiger partial charge in [0, 0.05) is 11.8 Å². The maximum Gasteiger partial charge on any atom is 0.242 e. The second-order valence-corrected chi connectivity index (χ2v) is 10.5. The third-order valence-corrected chi connectivity index (χ3v) is 7.74. The third-order valence-electron chi connectivity index (χ3n) is 6.71. The van der Waals surface area contributed by atoms with Crippen molar-refractivity contribution in [2.24, 2.45) is 0 Å². The molecule has 4 heteroatoms. The highest BCUT2D eigenvalue weighted by atomic mass is 32.1. The van der Waals surface area contributed by atoms with E-state index in [9.17, 15) is 0 Å². The van der Waals surface area contributed by atoms with E-state index in [1.165, 1.54) is 49.8 Å². The first-order chi connectivity index (χ1) is 16.3. The van der Waals surface area contributed by atoms with Crippen LogP contribution in [0.1, 0.15) is 33.4 Å². The van der Waals surface area contributed by atoms with Gasteiger partial charge in [-0.2, -0.15) is 0 Å². The fraction of sp³-hybridized carbons (Fsp3) is 0.200. The standard InChI is InChI=1S/C30H29BN2S/c1-18-14-20(3)27(21(4)15-18)31(28-22(5)16-19(2)17-23(28)6)25-11-9-24(10-12-25)29-33-26-8-7-13-32-30(26)34-29/h7-17H,1-6H3. The summed E-state index contributed by atoms with van der Waals surface area (Å²) in [4.78, 5) is 10.2. The Hall–Kier alpha value is -3.24. The van der Waals surface area contributed by atoms with Crippen LogP contribution in [-0.4, -0.2) is 16.7 Å². The number of aryl methyl sites for hydroxylation is 6. The quantitative estimate of drug-likeness (QED) is 0.321. The molecular formula is C30H29BN2S. The van der Waals surface area contributed by atoms with Crippen LogP contribution in [0.5, 0.6) is 0 Å². The number of hydrogen-bond acceptors (Lipinski definition) is 3. The summed E-state index contributed by atoms with van der Waals surface area (Å²) < 4.78 is 0. The lowest BCUT2D eigenvalue weighted by Gasteiger charge is -2.24. The van der Waals surface area contributed by atoms with Crippen LogP contribution in [0.3, 0.4) is 0 Å². The molecule has 34 heavy (non-hydrogen) atoms. The Labute approximate surface area is 206 Å². The van der Waals surface area contributed by atoms with Gasteiger partial charge in [0.05, 0.1) is 0 Å². The fourth-order valence-corrected chi connectivity index (χ4v) is 6.40. The van der Waals surface area contributed by atoms with E-state index >= 15 is 0 Å². The molecule has 2 aromatic heterocycles. The number of aromatic nitrogens is 2. The van der Waals surface area contributed by atoms with Crippen molar-refractivity contribution in [2.45, 2.75) is 41.5 Å². The van der Waals surface area contributed by atoms with E-state index in [0.717, 1.165) is 20.9 Å². The molecule has 0 atom stereocenters. The number of fused-ring (bicyclic) bond motifs is 1. The van der Waals surface area contributed by atoms with Gasteiger partial charge in [-0.3, -0.25) is 0 Å². The van der Waals surface area contributed by atoms with Crippen LogP contribution in [0.25, 0.3) is 20.9 Å². The summed E-state index contributed by atoms with van der Waals surface area (Å²) in [5, 5.41) is 1.02. The Morgan fingerprint density at radius 1 is 0.676 bits per heavy atom. The van der Waals surface area contributed by atoms with E-state index in [4.69, 9.17) is 4.98 Å². The van der Waals surface area contributed by atoms with Crippen molar-refractivity contribution in [2.75, 3.05) is 0 Å². The molecule has 0 spiro atoms. The van der Waals surface area contributed by atoms with Gasteiger partial charge in [-0.25, -0.2) is 9.97 Å². The zero-order valence-corrected chi connectivity index (χ0v) is 21.5. The molecule has 0 aliphatic carbocycles. The molecule has 0 unspecified atom stereocenters. The average Bonchev–Trinajstić information content (AvgIpc) is 3.21. The molecule has 5 aromatic rings. The van der Waals surface area contributed by atoms with Gasteiger partial charge in [-0.1, -0.05) is 110 Å². The lowest BCUT2D eigenvalue weighted by molar-refractivity contribution is 1.34. The van der Waals surface area contributed by atoms with Gasteiger partial charge in [0.2, 0.25) is 6.71 Å². The van der Waals surface area contributed by atoms with Gasteiger partial charge in [0.25, 0.3) is 0 Å². The number of thiazole rings is 1. The predicted octanol–water partition coefficient (Wildman–Crippen LogP) is 5.73. The summed E-state index contributed by atoms with van der Waals surface area (Å²) in [7, 11) is 0. The molecular weight excluding hydrogens is 431 g/mol. The first kappa shape index (κ1) is 22.6. The molecule has 0 bridgehead atoms. The summed E-state index contributed by atoms with van der Waals surface area (Å²) in [6.07, 6.45) is 1.83. The van der Waals surface area contributed by atoms with E-state index in [-0.39, 0.29) is 6.71 Å². The van der Waals surface area contributed by atoms with Gasteiger partial charge >= 0.3 is 0 Å². The maximum absolute atomic E-state index is 4.81. The summed E-state index contributed by atoms with van der Waals surface area (Å²) in [5.41, 5.74) is 14.3. The zero-order valence-electron chi connectivity index (χ0n) is 20.7. The Morgan fingerprint density at radius 2 is 1.21 bits per heavy atom. The first-order valence-corrected chi connectivity index (χ1v) is 12.6. The fourth-order valence-electron chi connectivity index (χ4n) is 5.48. The predicted molar refractivity (Wildman–Crippen MR) is 149 cm³/mol. The Kier molecular flexibility index (Phi) is 5.87. The summed E-state index contributed by atoms with van der Waals surface area (Å²) in [6.45, 7) is 13.6. The lowest BCUT2D eigenvalue weighted by Crippen LogP contribution is -2.55. The number of rotatable bonds is 4. The SMILES string of the molecule is Cc1cc(C)c(B(c2ccc(-c3nc4cccnc4s3)cc2)c2c(C)cc(C)cc2C)c(C)c1. The highest BCUT2D eigenvalue weighted by Gasteiger charge is 2.28. The van der Waals surface area contributed by atoms with Crippen LogP contribution in [0.2, 0.25) is 0 Å². The minimum Gasteiger partial charge on any atom is -0.244 e. The van der Waals surface area contributed by atoms with E-state index in [2.05, 4.69) is 95.1 Å². The minimum absolute atomic E-state index is 0.187. The number of benzene rings is 3. The van der Waals surface area contributed by atoms with Crippen LogP contribution in [0.4, 0.5) is 0 Å². The van der Waals surface area contributed by atoms with Crippen LogP contribution < -0.4 is 16.4 Å². The van der Waals surface area contributed by atoms with Crippen molar-refractivity contribution >= 4 is 44.8 Å². The summed E-state index contributed by atoms with van der Waals surface area (Å²) in [6, 6.07) is 22.3. The van der Waals surface area contributed by atoms with E-state index in [1.807, 2.05) is 18.3 Å². The van der Waals surface area contributed by atoms with Crippen LogP contribution in [0, 0.1) is 41.5 Å². The van der Waals surface area contributed by atoms with E-state index < -0.39 is 0 Å². The molecule has 0 aliphatic heterocycles. The lowest BCUT2D eigenvalue weighted by atomic mass is 9.34. The second-order valence-electron chi connectivity index (χ2n) is 9.53. The van der Waals surface area contributed by atoms with Crippen molar-refractivity contribution in [3.8, 4) is 10.6 Å². The van der Waals surface area contributed by atoms with Crippen molar-refractivity contribution in [3.05, 3.63) is 100 Å². The van der Waals surface area contributed by atoms with E-state index in [0.29, 0.717) is 0 Å². The molecule has 0 radical (unpaired) electrons. The monoisotopic (exact) mass is 460 g/mol. The normalized spacial score (nSPS) is 11.2.